The van der Waals surface area contributed by atoms with Crippen LogP contribution in [-0.4, -0.2) is 11.0 Å². The molecule has 4 heteroatoms. The Morgan fingerprint density at radius 3 is 0.500 bits per heavy atom. The first-order valence-corrected chi connectivity index (χ1v) is 0. The van der Waals surface area contributed by atoms with Crippen LogP contribution in [0.3, 0.4) is 0 Å². The standard InChI is InChI=1S/2H2O.2O/h2*1H2;;. The van der Waals surface area contributed by atoms with Crippen LogP contribution in [0, 0.1) is 0 Å². The summed E-state index contributed by atoms with van der Waals surface area (Å²) in [5.74, 6) is 0. The average Bonchev–Trinajstić information content (AvgIpc) is 0. The highest BCUT2D eigenvalue weighted by Crippen LogP contribution is -0.118. The normalized spacial score (nSPS) is 0. The summed E-state index contributed by atoms with van der Waals surface area (Å²) in [6.45, 7) is 0. The van der Waals surface area contributed by atoms with E-state index in [1.165, 1.54) is 0 Å². The molecule has 0 saturated heterocycles. The summed E-state index contributed by atoms with van der Waals surface area (Å²) in [6, 6.07) is 0. The van der Waals surface area contributed by atoms with Crippen molar-refractivity contribution in [3.8, 4) is 0 Å². The van der Waals surface area contributed by atoms with Crippen molar-refractivity contribution in [3.63, 3.8) is 0 Å². The molecule has 0 saturated carbocycles. The minimum atomic E-state index is 0. The molecule has 28 valence electrons. The lowest BCUT2D eigenvalue weighted by atomic mass is 16.0. The Kier molecular flexibility index (Phi) is 114000. The zero-order valence-electron chi connectivity index (χ0n) is 1.82. The Morgan fingerprint density at radius 1 is 0.500 bits per heavy atom. The maximum Gasteiger partial charge on any atom is 0 e. The minimum absolute atomic E-state index is 0. The van der Waals surface area contributed by atoms with Crippen LogP contribution in [0.1, 0.15) is 0 Å². The fraction of sp³-hybridized carbons (Fsp3) is 0. The van der Waals surface area contributed by atoms with Gasteiger partial charge in [0.05, 0.1) is 0 Å². The van der Waals surface area contributed by atoms with Crippen LogP contribution >= 0.6 is 0 Å². The van der Waals surface area contributed by atoms with Gasteiger partial charge in [0.15, 0.2) is 0 Å². The lowest BCUT2D eigenvalue weighted by Crippen LogP contribution is -0.290. The Hall–Kier alpha value is -0.160. The molecule has 0 amide bonds. The zero-order valence-corrected chi connectivity index (χ0v) is 1.82. The lowest BCUT2D eigenvalue weighted by Gasteiger charge is -0.413. The zero-order chi connectivity index (χ0) is 0. The van der Waals surface area contributed by atoms with Crippen LogP contribution in [0.15, 0.2) is 0 Å². The van der Waals surface area contributed by atoms with Gasteiger partial charge in [0.1, 0.15) is 0 Å². The summed E-state index contributed by atoms with van der Waals surface area (Å²) in [5, 5.41) is 0. The van der Waals surface area contributed by atoms with Crippen LogP contribution < -0.4 is 0 Å². The van der Waals surface area contributed by atoms with Crippen molar-refractivity contribution >= 4 is 0 Å². The van der Waals surface area contributed by atoms with Gasteiger partial charge in [0.25, 0.3) is 0 Å². The quantitative estimate of drug-likeness (QED) is 0.315. The number of hydrogen-bond acceptors (Lipinski definition) is 0. The van der Waals surface area contributed by atoms with E-state index in [4.69, 9.17) is 0 Å². The van der Waals surface area contributed by atoms with Gasteiger partial charge in [-0.2, -0.15) is 0 Å². The molecule has 0 fully saturated rings. The highest BCUT2D eigenvalue weighted by Gasteiger charge is 0.00101. The third-order valence-corrected chi connectivity index (χ3v) is 0. The first-order chi connectivity index (χ1) is 0. The summed E-state index contributed by atoms with van der Waals surface area (Å²) in [4.78, 5) is 0. The fourth-order valence-corrected chi connectivity index (χ4v) is 0. The maximum atomic E-state index is 0. The van der Waals surface area contributed by atoms with Crippen LogP contribution in [0.4, 0.5) is 0 Å². The molecule has 0 aromatic rings. The molecule has 0 atom stereocenters. The smallest absolute Gasteiger partial charge is 0 e. The second kappa shape index (κ2) is 376. The Labute approximate surface area is 23.3 Å². The van der Waals surface area contributed by atoms with Crippen molar-refractivity contribution in [2.45, 2.75) is 0 Å². The van der Waals surface area contributed by atoms with Gasteiger partial charge in [-0.15, -0.1) is 0 Å². The molecule has 4 radical (unpaired) electrons. The molecule has 0 aromatic heterocycles. The summed E-state index contributed by atoms with van der Waals surface area (Å²) in [5.41, 5.74) is 0. The van der Waals surface area contributed by atoms with Gasteiger partial charge >= 0.3 is 0 Å². The summed E-state index contributed by atoms with van der Waals surface area (Å²) in [6.07, 6.45) is 0. The molecular formula is H4O4. The van der Waals surface area contributed by atoms with Gasteiger partial charge in [-0.1, -0.05) is 0 Å². The molecule has 4 N–H and O–H groups in total. The number of hydrogen-bond donors (Lipinski definition) is 0. The molecule has 0 rings (SSSR count). The minimum Gasteiger partial charge on any atom is -0.412 e. The molecule has 0 aliphatic rings. The Morgan fingerprint density at radius 2 is 0.500 bits per heavy atom. The average molecular weight is 68.0 g/mol. The number of rotatable bonds is 0. The van der Waals surface area contributed by atoms with E-state index in [-0.39, 0.29) is 21.9 Å². The van der Waals surface area contributed by atoms with Crippen molar-refractivity contribution in [2.24, 2.45) is 0 Å². The van der Waals surface area contributed by atoms with Gasteiger partial charge in [-0.05, 0) is 0 Å². The van der Waals surface area contributed by atoms with Crippen molar-refractivity contribution in [2.75, 3.05) is 0 Å². The second-order valence-corrected chi connectivity index (χ2v) is 0. The van der Waals surface area contributed by atoms with E-state index in [1.807, 2.05) is 0 Å². The molecule has 0 aliphatic heterocycles. The highest BCUT2D eigenvalue weighted by atomic mass is 16.0. The van der Waals surface area contributed by atoms with Gasteiger partial charge in [-0.25, -0.2) is 0 Å². The predicted molar refractivity (Wildman–Crippen MR) is 8.60 cm³/mol. The Bertz CT molecular complexity index is 0. The monoisotopic (exact) mass is 68.0 g/mol. The third-order valence-electron chi connectivity index (χ3n) is 0. The van der Waals surface area contributed by atoms with E-state index in [0.29, 0.717) is 0 Å². The fourth-order valence-electron chi connectivity index (χ4n) is 0. The van der Waals surface area contributed by atoms with Crippen molar-refractivity contribution in [1.82, 2.24) is 0 Å². The summed E-state index contributed by atoms with van der Waals surface area (Å²) >= 11 is 0. The molecular weight excluding hydrogens is 64.0 g/mol. The molecule has 0 aromatic carbocycles. The van der Waals surface area contributed by atoms with Crippen LogP contribution in [0.25, 0.3) is 0 Å². The molecule has 0 aliphatic carbocycles. The van der Waals surface area contributed by atoms with Crippen molar-refractivity contribution < 1.29 is 21.9 Å². The predicted octanol–water partition coefficient (Wildman–Crippen LogP) is -1.89. The Balaban J connectivity index is 0. The molecule has 0 spiro atoms. The molecule has 4 nitrogen and oxygen atoms in total. The van der Waals surface area contributed by atoms with E-state index in [0.717, 1.165) is 0 Å². The van der Waals surface area contributed by atoms with E-state index in [9.17, 15) is 0 Å². The van der Waals surface area contributed by atoms with Crippen molar-refractivity contribution in [1.29, 1.82) is 0 Å². The van der Waals surface area contributed by atoms with Gasteiger partial charge in [0.2, 0.25) is 0 Å². The van der Waals surface area contributed by atoms with E-state index in [2.05, 4.69) is 0 Å². The summed E-state index contributed by atoms with van der Waals surface area (Å²) < 4.78 is 0. The summed E-state index contributed by atoms with van der Waals surface area (Å²) in [7, 11) is 0. The SMILES string of the molecule is O.O.[O].[O]. The topological polar surface area (TPSA) is 120 Å². The first kappa shape index (κ1) is 1210. The van der Waals surface area contributed by atoms with E-state index >= 15 is 0 Å². The highest BCUT2D eigenvalue weighted by molar-refractivity contribution is 0.825. The van der Waals surface area contributed by atoms with Gasteiger partial charge in [0, 0.05) is 11.0 Å². The van der Waals surface area contributed by atoms with Gasteiger partial charge < -0.3 is 11.0 Å². The molecule has 4 heavy (non-hydrogen) atoms. The second-order valence-electron chi connectivity index (χ2n) is 0. The maximum absolute atomic E-state index is 0. The molecule has 0 unspecified atom stereocenters. The van der Waals surface area contributed by atoms with Crippen LogP contribution in [0.2, 0.25) is 0 Å². The molecule has 0 bridgehead atoms. The van der Waals surface area contributed by atoms with E-state index in [1.54, 1.807) is 0 Å². The van der Waals surface area contributed by atoms with Crippen molar-refractivity contribution in [3.05, 3.63) is 0 Å². The first-order valence-electron chi connectivity index (χ1n) is 0. The van der Waals surface area contributed by atoms with Gasteiger partial charge in [-0.3, -0.25) is 0 Å². The molecule has 0 heterocycles. The lowest BCUT2D eigenvalue weighted by molar-refractivity contribution is 0.685. The van der Waals surface area contributed by atoms with Crippen LogP contribution in [-0.2, 0) is 11.0 Å². The third kappa shape index (κ3) is 50.7. The largest absolute Gasteiger partial charge is 0.412 e. The van der Waals surface area contributed by atoms with E-state index < -0.39 is 0 Å². The van der Waals surface area contributed by atoms with Crippen LogP contribution in [0.5, 0.6) is 0 Å².